The molecule has 28 heavy (non-hydrogen) atoms. The number of nitriles is 1. The smallest absolute Gasteiger partial charge is 0.229 e. The third kappa shape index (κ3) is 3.25. The van der Waals surface area contributed by atoms with Crippen LogP contribution in [0.2, 0.25) is 5.02 Å². The minimum Gasteiger partial charge on any atom is -0.344 e. The van der Waals surface area contributed by atoms with Crippen molar-refractivity contribution in [1.29, 1.82) is 5.26 Å². The van der Waals surface area contributed by atoms with Crippen LogP contribution in [0.15, 0.2) is 53.1 Å². The summed E-state index contributed by atoms with van der Waals surface area (Å²) < 4.78 is 14.3. The molecule has 0 radical (unpaired) electrons. The van der Waals surface area contributed by atoms with E-state index in [1.165, 1.54) is 17.8 Å². The van der Waals surface area contributed by atoms with E-state index in [1.807, 2.05) is 30.0 Å². The molecule has 2 aromatic rings. The molecule has 142 valence electrons. The number of benzene rings is 2. The molecule has 1 saturated heterocycles. The Morgan fingerprint density at radius 3 is 2.79 bits per heavy atom. The van der Waals surface area contributed by atoms with E-state index < -0.39 is 5.92 Å². The van der Waals surface area contributed by atoms with Crippen molar-refractivity contribution in [2.75, 3.05) is 17.4 Å². The quantitative estimate of drug-likeness (QED) is 0.694. The lowest BCUT2D eigenvalue weighted by Crippen LogP contribution is -2.47. The number of hydrogen-bond donors (Lipinski definition) is 0. The Bertz CT molecular complexity index is 1030. The summed E-state index contributed by atoms with van der Waals surface area (Å²) in [4.78, 5) is 16.5. The third-order valence-electron chi connectivity index (χ3n) is 5.09. The summed E-state index contributed by atoms with van der Waals surface area (Å²) in [6, 6.07) is 14.4. The van der Waals surface area contributed by atoms with Crippen molar-refractivity contribution in [2.45, 2.75) is 19.3 Å². The maximum atomic E-state index is 14.3. The van der Waals surface area contributed by atoms with Crippen LogP contribution in [0.4, 0.5) is 10.1 Å². The van der Waals surface area contributed by atoms with Crippen molar-refractivity contribution in [1.82, 2.24) is 4.90 Å². The second kappa shape index (κ2) is 7.50. The summed E-state index contributed by atoms with van der Waals surface area (Å²) in [6.45, 7) is 2.28. The number of carbonyl (C=O) groups is 1. The molecule has 0 bridgehead atoms. The van der Waals surface area contributed by atoms with Gasteiger partial charge in [-0.3, -0.25) is 9.69 Å². The van der Waals surface area contributed by atoms with Crippen LogP contribution in [0.25, 0.3) is 0 Å². The van der Waals surface area contributed by atoms with Crippen LogP contribution in [-0.4, -0.2) is 23.4 Å². The van der Waals surface area contributed by atoms with Crippen molar-refractivity contribution < 1.29 is 9.18 Å². The highest BCUT2D eigenvalue weighted by atomic mass is 35.5. The highest BCUT2D eigenvalue weighted by Crippen LogP contribution is 2.43. The zero-order valence-electron chi connectivity index (χ0n) is 15.2. The molecule has 2 heterocycles. The van der Waals surface area contributed by atoms with Crippen molar-refractivity contribution >= 4 is 35.0 Å². The summed E-state index contributed by atoms with van der Waals surface area (Å²) in [5, 5.41) is 11.1. The molecule has 4 nitrogen and oxygen atoms in total. The predicted molar refractivity (Wildman–Crippen MR) is 109 cm³/mol. The van der Waals surface area contributed by atoms with Crippen molar-refractivity contribution in [3.63, 3.8) is 0 Å². The van der Waals surface area contributed by atoms with Crippen LogP contribution < -0.4 is 4.90 Å². The summed E-state index contributed by atoms with van der Waals surface area (Å²) in [6.07, 6.45) is 0.0797. The molecule has 1 atom stereocenters. The molecular weight excluding hydrogens is 397 g/mol. The van der Waals surface area contributed by atoms with Crippen LogP contribution in [0, 0.1) is 24.1 Å². The number of aryl methyl sites for hydroxylation is 1. The molecule has 1 unspecified atom stereocenters. The Morgan fingerprint density at radius 1 is 1.29 bits per heavy atom. The number of hydrogen-bond acceptors (Lipinski definition) is 4. The molecule has 0 saturated carbocycles. The van der Waals surface area contributed by atoms with Gasteiger partial charge in [0.15, 0.2) is 0 Å². The monoisotopic (exact) mass is 413 g/mol. The van der Waals surface area contributed by atoms with Gasteiger partial charge in [-0.2, -0.15) is 5.26 Å². The maximum Gasteiger partial charge on any atom is 0.229 e. The Balaban J connectivity index is 1.68. The largest absolute Gasteiger partial charge is 0.344 e. The zero-order chi connectivity index (χ0) is 19.8. The fraction of sp³-hybridized carbons (Fsp3) is 0.238. The van der Waals surface area contributed by atoms with Crippen LogP contribution in [0.3, 0.4) is 0 Å². The number of rotatable bonds is 2. The molecule has 0 N–H and O–H groups in total. The second-order valence-corrected chi connectivity index (χ2v) is 8.16. The van der Waals surface area contributed by atoms with Crippen LogP contribution in [0.1, 0.15) is 23.5 Å². The average molecular weight is 414 g/mol. The molecular formula is C21H17ClFN3OS. The maximum absolute atomic E-state index is 14.3. The summed E-state index contributed by atoms with van der Waals surface area (Å²) >= 11 is 7.67. The average Bonchev–Trinajstić information content (AvgIpc) is 2.70. The first-order valence-electron chi connectivity index (χ1n) is 8.82. The van der Waals surface area contributed by atoms with Gasteiger partial charge in [-0.1, -0.05) is 47.6 Å². The van der Waals surface area contributed by atoms with Gasteiger partial charge in [0.25, 0.3) is 0 Å². The van der Waals surface area contributed by atoms with Crippen LogP contribution >= 0.6 is 23.4 Å². The number of carbonyl (C=O) groups excluding carboxylic acids is 1. The summed E-state index contributed by atoms with van der Waals surface area (Å²) in [5.74, 6) is -0.470. The van der Waals surface area contributed by atoms with E-state index in [1.54, 1.807) is 23.1 Å². The number of halogens is 2. The molecule has 1 amide bonds. The van der Waals surface area contributed by atoms with Crippen molar-refractivity contribution in [2.24, 2.45) is 0 Å². The standard InChI is InChI=1S/C21H17ClFN3OS/c1-13-6-7-14(8-18(13)22)25-11-26-20(27)9-16(15-4-2-3-5-19(15)23)17(10-24)21(26)28-12-25/h2-8,16H,9,11-12H2,1H3. The lowest BCUT2D eigenvalue weighted by molar-refractivity contribution is -0.129. The first kappa shape index (κ1) is 18.9. The molecule has 2 aromatic carbocycles. The molecule has 0 aliphatic carbocycles. The first-order chi connectivity index (χ1) is 13.5. The molecule has 2 aliphatic rings. The van der Waals surface area contributed by atoms with Crippen molar-refractivity contribution in [3.8, 4) is 6.07 Å². The number of anilines is 1. The lowest BCUT2D eigenvalue weighted by Gasteiger charge is -2.42. The fourth-order valence-corrected chi connectivity index (χ4v) is 4.87. The van der Waals surface area contributed by atoms with E-state index in [2.05, 4.69) is 6.07 Å². The van der Waals surface area contributed by atoms with Gasteiger partial charge in [-0.05, 0) is 36.2 Å². The van der Waals surface area contributed by atoms with E-state index >= 15 is 0 Å². The molecule has 4 rings (SSSR count). The number of amides is 1. The van der Waals surface area contributed by atoms with Crippen molar-refractivity contribution in [3.05, 3.63) is 75.0 Å². The van der Waals surface area contributed by atoms with Gasteiger partial charge in [0, 0.05) is 23.0 Å². The van der Waals surface area contributed by atoms with Gasteiger partial charge in [0.05, 0.1) is 29.2 Å². The van der Waals surface area contributed by atoms with Gasteiger partial charge in [-0.25, -0.2) is 4.39 Å². The predicted octanol–water partition coefficient (Wildman–Crippen LogP) is 5.01. The van der Waals surface area contributed by atoms with E-state index in [0.29, 0.717) is 33.7 Å². The van der Waals surface area contributed by atoms with Crippen LogP contribution in [-0.2, 0) is 4.79 Å². The molecule has 1 fully saturated rings. The van der Waals surface area contributed by atoms with Gasteiger partial charge in [0.2, 0.25) is 5.91 Å². The number of allylic oxidation sites excluding steroid dienone is 1. The first-order valence-corrected chi connectivity index (χ1v) is 10.2. The van der Waals surface area contributed by atoms with Crippen LogP contribution in [0.5, 0.6) is 0 Å². The molecule has 0 aromatic heterocycles. The zero-order valence-corrected chi connectivity index (χ0v) is 16.7. The second-order valence-electron chi connectivity index (χ2n) is 6.82. The SMILES string of the molecule is Cc1ccc(N2CSC3=C(C#N)C(c4ccccc4F)CC(=O)N3C2)cc1Cl. The van der Waals surface area contributed by atoms with E-state index in [9.17, 15) is 14.4 Å². The minimum absolute atomic E-state index is 0.0797. The number of nitrogens with zero attached hydrogens (tertiary/aromatic N) is 3. The molecule has 0 spiro atoms. The normalized spacial score (nSPS) is 19.5. The Morgan fingerprint density at radius 2 is 2.07 bits per heavy atom. The summed E-state index contributed by atoms with van der Waals surface area (Å²) in [5.41, 5.74) is 2.76. The van der Waals surface area contributed by atoms with E-state index in [0.717, 1.165) is 11.3 Å². The van der Waals surface area contributed by atoms with Gasteiger partial charge in [0.1, 0.15) is 5.82 Å². The van der Waals surface area contributed by atoms with E-state index in [4.69, 9.17) is 11.6 Å². The highest BCUT2D eigenvalue weighted by molar-refractivity contribution is 8.03. The van der Waals surface area contributed by atoms with E-state index in [-0.39, 0.29) is 18.1 Å². The summed E-state index contributed by atoms with van der Waals surface area (Å²) in [7, 11) is 0. The van der Waals surface area contributed by atoms with Gasteiger partial charge >= 0.3 is 0 Å². The topological polar surface area (TPSA) is 47.3 Å². The Kier molecular flexibility index (Phi) is 5.05. The highest BCUT2D eigenvalue weighted by Gasteiger charge is 2.39. The molecule has 7 heteroatoms. The molecule has 2 aliphatic heterocycles. The Labute approximate surface area is 172 Å². The number of fused-ring (bicyclic) bond motifs is 1. The lowest BCUT2D eigenvalue weighted by atomic mass is 9.86. The fourth-order valence-electron chi connectivity index (χ4n) is 3.53. The minimum atomic E-state index is -0.544. The Hall–Kier alpha value is -2.49. The third-order valence-corrected chi connectivity index (χ3v) is 6.66. The van der Waals surface area contributed by atoms with Gasteiger partial charge < -0.3 is 4.90 Å². The van der Waals surface area contributed by atoms with Gasteiger partial charge in [-0.15, -0.1) is 0 Å². The number of thioether (sulfide) groups is 1.